The summed E-state index contributed by atoms with van der Waals surface area (Å²) in [6.45, 7) is 3.72. The maximum Gasteiger partial charge on any atom is 0.167 e. The lowest BCUT2D eigenvalue weighted by Crippen LogP contribution is -2.05. The Hall–Kier alpha value is -1.67. The third-order valence-corrected chi connectivity index (χ3v) is 3.57. The Balaban J connectivity index is 2.25. The molecule has 19 heavy (non-hydrogen) atoms. The molecule has 0 atom stereocenters. The van der Waals surface area contributed by atoms with E-state index in [1.807, 2.05) is 13.8 Å². The van der Waals surface area contributed by atoms with Gasteiger partial charge in [0.25, 0.3) is 0 Å². The summed E-state index contributed by atoms with van der Waals surface area (Å²) < 4.78 is 13.2. The number of hydrogen-bond acceptors (Lipinski definition) is 1. The van der Waals surface area contributed by atoms with Crippen molar-refractivity contribution in [3.8, 4) is 0 Å². The predicted molar refractivity (Wildman–Crippen MR) is 75.4 cm³/mol. The Bertz CT molecular complexity index is 635. The SMILES string of the molecule is Cc1cc(C(=O)Cc2cc(F)ccc2C)ccc1Cl. The Labute approximate surface area is 117 Å². The van der Waals surface area contributed by atoms with Crippen LogP contribution in [0.2, 0.25) is 5.02 Å². The molecule has 1 nitrogen and oxygen atoms in total. The highest BCUT2D eigenvalue weighted by Gasteiger charge is 2.10. The third kappa shape index (κ3) is 3.21. The Kier molecular flexibility index (Phi) is 4.01. The summed E-state index contributed by atoms with van der Waals surface area (Å²) in [5, 5.41) is 0.637. The largest absolute Gasteiger partial charge is 0.294 e. The van der Waals surface area contributed by atoms with Crippen LogP contribution in [0, 0.1) is 19.7 Å². The van der Waals surface area contributed by atoms with Crippen LogP contribution in [0.3, 0.4) is 0 Å². The lowest BCUT2D eigenvalue weighted by molar-refractivity contribution is 0.0992. The summed E-state index contributed by atoms with van der Waals surface area (Å²) >= 11 is 5.93. The second-order valence-electron chi connectivity index (χ2n) is 4.63. The monoisotopic (exact) mass is 276 g/mol. The zero-order valence-electron chi connectivity index (χ0n) is 10.8. The molecular weight excluding hydrogens is 263 g/mol. The summed E-state index contributed by atoms with van der Waals surface area (Å²) in [6.07, 6.45) is 0.199. The molecule has 0 heterocycles. The molecule has 0 amide bonds. The van der Waals surface area contributed by atoms with E-state index in [2.05, 4.69) is 0 Å². The van der Waals surface area contributed by atoms with Gasteiger partial charge in [0.05, 0.1) is 0 Å². The summed E-state index contributed by atoms with van der Waals surface area (Å²) in [5.74, 6) is -0.353. The van der Waals surface area contributed by atoms with E-state index in [1.54, 1.807) is 24.3 Å². The molecule has 0 spiro atoms. The van der Waals surface area contributed by atoms with Crippen LogP contribution in [0.5, 0.6) is 0 Å². The molecule has 0 saturated heterocycles. The van der Waals surface area contributed by atoms with Crippen LogP contribution < -0.4 is 0 Å². The van der Waals surface area contributed by atoms with Gasteiger partial charge in [-0.25, -0.2) is 4.39 Å². The van der Waals surface area contributed by atoms with Gasteiger partial charge in [0.2, 0.25) is 0 Å². The van der Waals surface area contributed by atoms with Crippen LogP contribution in [0.4, 0.5) is 4.39 Å². The number of carbonyl (C=O) groups is 1. The van der Waals surface area contributed by atoms with Gasteiger partial charge in [-0.2, -0.15) is 0 Å². The summed E-state index contributed by atoms with van der Waals surface area (Å²) in [7, 11) is 0. The Morgan fingerprint density at radius 2 is 1.84 bits per heavy atom. The summed E-state index contributed by atoms with van der Waals surface area (Å²) in [6, 6.07) is 9.67. The number of Topliss-reactive ketones (excluding diaryl/α,β-unsaturated/α-hetero) is 1. The van der Waals surface area contributed by atoms with Gasteiger partial charge in [0, 0.05) is 17.0 Å². The first kappa shape index (κ1) is 13.8. The molecule has 0 aliphatic rings. The first-order valence-corrected chi connectivity index (χ1v) is 6.39. The van der Waals surface area contributed by atoms with Crippen molar-refractivity contribution < 1.29 is 9.18 Å². The fourth-order valence-corrected chi connectivity index (χ4v) is 2.04. The number of benzene rings is 2. The van der Waals surface area contributed by atoms with E-state index < -0.39 is 0 Å². The van der Waals surface area contributed by atoms with E-state index in [-0.39, 0.29) is 18.0 Å². The van der Waals surface area contributed by atoms with Gasteiger partial charge in [-0.05, 0) is 60.9 Å². The fraction of sp³-hybridized carbons (Fsp3) is 0.188. The van der Waals surface area contributed by atoms with E-state index in [1.165, 1.54) is 12.1 Å². The van der Waals surface area contributed by atoms with Crippen molar-refractivity contribution in [3.05, 3.63) is 69.5 Å². The van der Waals surface area contributed by atoms with Crippen molar-refractivity contribution in [1.82, 2.24) is 0 Å². The molecule has 0 bridgehead atoms. The van der Waals surface area contributed by atoms with Gasteiger partial charge in [-0.15, -0.1) is 0 Å². The zero-order valence-corrected chi connectivity index (χ0v) is 11.6. The van der Waals surface area contributed by atoms with Crippen LogP contribution in [-0.4, -0.2) is 5.78 Å². The molecule has 2 rings (SSSR count). The van der Waals surface area contributed by atoms with Crippen LogP contribution in [-0.2, 0) is 6.42 Å². The lowest BCUT2D eigenvalue weighted by atomic mass is 9.98. The number of hydrogen-bond donors (Lipinski definition) is 0. The normalized spacial score (nSPS) is 10.5. The highest BCUT2D eigenvalue weighted by atomic mass is 35.5. The molecule has 0 aromatic heterocycles. The van der Waals surface area contributed by atoms with Crippen molar-refractivity contribution in [2.75, 3.05) is 0 Å². The standard InChI is InChI=1S/C16H14ClFO/c1-10-3-5-14(18)8-13(10)9-16(19)12-4-6-15(17)11(2)7-12/h3-8H,9H2,1-2H3. The van der Waals surface area contributed by atoms with Gasteiger partial charge in [-0.1, -0.05) is 17.7 Å². The maximum absolute atomic E-state index is 13.2. The summed E-state index contributed by atoms with van der Waals surface area (Å²) in [4.78, 5) is 12.2. The van der Waals surface area contributed by atoms with Crippen LogP contribution in [0.25, 0.3) is 0 Å². The van der Waals surface area contributed by atoms with Crippen LogP contribution in [0.15, 0.2) is 36.4 Å². The minimum Gasteiger partial charge on any atom is -0.294 e. The first-order chi connectivity index (χ1) is 8.97. The van der Waals surface area contributed by atoms with Gasteiger partial charge < -0.3 is 0 Å². The second-order valence-corrected chi connectivity index (χ2v) is 5.04. The molecule has 0 aliphatic carbocycles. The van der Waals surface area contributed by atoms with E-state index >= 15 is 0 Å². The van der Waals surface area contributed by atoms with Gasteiger partial charge in [-0.3, -0.25) is 4.79 Å². The van der Waals surface area contributed by atoms with E-state index in [0.29, 0.717) is 10.6 Å². The highest BCUT2D eigenvalue weighted by molar-refractivity contribution is 6.31. The fourth-order valence-electron chi connectivity index (χ4n) is 1.92. The molecule has 2 aromatic rings. The second kappa shape index (κ2) is 5.54. The molecule has 0 N–H and O–H groups in total. The van der Waals surface area contributed by atoms with Crippen molar-refractivity contribution in [1.29, 1.82) is 0 Å². The quantitative estimate of drug-likeness (QED) is 0.753. The van der Waals surface area contributed by atoms with Gasteiger partial charge in [0.15, 0.2) is 5.78 Å². The third-order valence-electron chi connectivity index (χ3n) is 3.14. The minimum absolute atomic E-state index is 0.0338. The van der Waals surface area contributed by atoms with Gasteiger partial charge >= 0.3 is 0 Å². The van der Waals surface area contributed by atoms with Gasteiger partial charge in [0.1, 0.15) is 5.82 Å². The smallest absolute Gasteiger partial charge is 0.167 e. The molecule has 0 saturated carbocycles. The molecular formula is C16H14ClFO. The number of rotatable bonds is 3. The predicted octanol–water partition coefficient (Wildman–Crippen LogP) is 4.52. The zero-order chi connectivity index (χ0) is 14.0. The molecule has 0 aliphatic heterocycles. The topological polar surface area (TPSA) is 17.1 Å². The number of aryl methyl sites for hydroxylation is 2. The lowest BCUT2D eigenvalue weighted by Gasteiger charge is -2.07. The van der Waals surface area contributed by atoms with Crippen LogP contribution >= 0.6 is 11.6 Å². The molecule has 0 fully saturated rings. The van der Waals surface area contributed by atoms with Crippen molar-refractivity contribution in [3.63, 3.8) is 0 Å². The Morgan fingerprint density at radius 3 is 2.53 bits per heavy atom. The van der Waals surface area contributed by atoms with Crippen LogP contribution in [0.1, 0.15) is 27.0 Å². The van der Waals surface area contributed by atoms with Crippen molar-refractivity contribution in [2.45, 2.75) is 20.3 Å². The van der Waals surface area contributed by atoms with E-state index in [0.717, 1.165) is 16.7 Å². The first-order valence-electron chi connectivity index (χ1n) is 6.02. The maximum atomic E-state index is 13.2. The van der Waals surface area contributed by atoms with Crippen molar-refractivity contribution in [2.24, 2.45) is 0 Å². The van der Waals surface area contributed by atoms with Crippen molar-refractivity contribution >= 4 is 17.4 Å². The molecule has 0 radical (unpaired) electrons. The highest BCUT2D eigenvalue weighted by Crippen LogP contribution is 2.19. The average molecular weight is 277 g/mol. The van der Waals surface area contributed by atoms with E-state index in [9.17, 15) is 9.18 Å². The average Bonchev–Trinajstić information content (AvgIpc) is 2.37. The minimum atomic E-state index is -0.319. The summed E-state index contributed by atoms with van der Waals surface area (Å²) in [5.41, 5.74) is 3.10. The number of carbonyl (C=O) groups excluding carboxylic acids is 1. The molecule has 2 aromatic carbocycles. The molecule has 0 unspecified atom stereocenters. The Morgan fingerprint density at radius 1 is 1.11 bits per heavy atom. The van der Waals surface area contributed by atoms with E-state index in [4.69, 9.17) is 11.6 Å². The molecule has 98 valence electrons. The number of ketones is 1. The molecule has 3 heteroatoms. The number of halogens is 2.